The van der Waals surface area contributed by atoms with Crippen LogP contribution in [0.15, 0.2) is 59.1 Å². The fourth-order valence-electron chi connectivity index (χ4n) is 2.80. The second kappa shape index (κ2) is 5.69. The molecule has 1 unspecified atom stereocenters. The van der Waals surface area contributed by atoms with Gasteiger partial charge in [0.05, 0.1) is 10.6 Å². The van der Waals surface area contributed by atoms with Crippen LogP contribution in [0.25, 0.3) is 0 Å². The molecule has 0 aliphatic carbocycles. The van der Waals surface area contributed by atoms with E-state index in [0.717, 1.165) is 11.4 Å². The van der Waals surface area contributed by atoms with Crippen molar-refractivity contribution < 1.29 is 9.21 Å². The zero-order valence-corrected chi connectivity index (χ0v) is 13.6. The maximum absolute atomic E-state index is 13.1. The first-order chi connectivity index (χ1) is 11.6. The number of pyridine rings is 1. The number of benzene rings is 1. The lowest BCUT2D eigenvalue weighted by Gasteiger charge is -2.35. The summed E-state index contributed by atoms with van der Waals surface area (Å²) in [5.41, 5.74) is 1.36. The summed E-state index contributed by atoms with van der Waals surface area (Å²) < 4.78 is 5.75. The highest BCUT2D eigenvalue weighted by molar-refractivity contribution is 6.30. The number of fused-ring (bicyclic) bond motifs is 1. The highest BCUT2D eigenvalue weighted by Crippen LogP contribution is 2.36. The second-order valence-corrected chi connectivity index (χ2v) is 5.99. The smallest absolute Gasteiger partial charge is 0.263 e. The molecule has 0 saturated heterocycles. The van der Waals surface area contributed by atoms with Gasteiger partial charge in [-0.1, -0.05) is 23.7 Å². The second-order valence-electron chi connectivity index (χ2n) is 5.55. The van der Waals surface area contributed by atoms with Crippen molar-refractivity contribution >= 4 is 29.0 Å². The number of carbonyl (C=O) groups is 1. The van der Waals surface area contributed by atoms with Crippen LogP contribution in [0.4, 0.5) is 11.5 Å². The minimum Gasteiger partial charge on any atom is -0.462 e. The van der Waals surface area contributed by atoms with Crippen molar-refractivity contribution in [1.29, 1.82) is 0 Å². The number of nitrogens with zero attached hydrogens (tertiary/aromatic N) is 2. The third-order valence-corrected chi connectivity index (χ3v) is 4.14. The molecule has 120 valence electrons. The summed E-state index contributed by atoms with van der Waals surface area (Å²) in [6, 6.07) is 14.6. The maximum atomic E-state index is 13.1. The number of para-hydroxylation sites is 1. The normalized spacial score (nSPS) is 16.7. The molecule has 1 aromatic carbocycles. The Balaban J connectivity index is 1.85. The van der Waals surface area contributed by atoms with Crippen molar-refractivity contribution in [2.45, 2.75) is 13.1 Å². The maximum Gasteiger partial charge on any atom is 0.263 e. The monoisotopic (exact) mass is 339 g/mol. The zero-order chi connectivity index (χ0) is 16.7. The van der Waals surface area contributed by atoms with Gasteiger partial charge in [0.1, 0.15) is 17.3 Å². The van der Waals surface area contributed by atoms with Gasteiger partial charge in [-0.15, -0.1) is 0 Å². The molecule has 1 atom stereocenters. The van der Waals surface area contributed by atoms with Crippen molar-refractivity contribution in [3.63, 3.8) is 0 Å². The van der Waals surface area contributed by atoms with Gasteiger partial charge in [0.2, 0.25) is 0 Å². The number of nitrogens with one attached hydrogen (secondary N) is 1. The van der Waals surface area contributed by atoms with Crippen LogP contribution in [0.2, 0.25) is 5.02 Å². The summed E-state index contributed by atoms with van der Waals surface area (Å²) in [4.78, 5) is 18.9. The van der Waals surface area contributed by atoms with Gasteiger partial charge in [0.25, 0.3) is 5.91 Å². The summed E-state index contributed by atoms with van der Waals surface area (Å²) in [6.07, 6.45) is 1.05. The summed E-state index contributed by atoms with van der Waals surface area (Å²) in [7, 11) is 0. The molecule has 3 heterocycles. The first-order valence-corrected chi connectivity index (χ1v) is 7.88. The number of halogens is 1. The number of aromatic nitrogens is 1. The third-order valence-electron chi connectivity index (χ3n) is 3.92. The Morgan fingerprint density at radius 1 is 1.17 bits per heavy atom. The first-order valence-electron chi connectivity index (χ1n) is 7.50. The Morgan fingerprint density at radius 2 is 2.00 bits per heavy atom. The molecule has 0 fully saturated rings. The van der Waals surface area contributed by atoms with Crippen molar-refractivity contribution in [3.8, 4) is 0 Å². The van der Waals surface area contributed by atoms with Crippen LogP contribution in [0.1, 0.15) is 28.0 Å². The number of rotatable bonds is 2. The Hall–Kier alpha value is -2.79. The number of anilines is 2. The lowest BCUT2D eigenvalue weighted by molar-refractivity contribution is 0.0970. The molecule has 24 heavy (non-hydrogen) atoms. The van der Waals surface area contributed by atoms with Crippen molar-refractivity contribution in [3.05, 3.63) is 76.8 Å². The molecule has 1 aliphatic heterocycles. The van der Waals surface area contributed by atoms with Crippen LogP contribution >= 0.6 is 11.6 Å². The van der Waals surface area contributed by atoms with Gasteiger partial charge in [0.15, 0.2) is 6.17 Å². The molecule has 0 radical (unpaired) electrons. The molecule has 4 rings (SSSR count). The van der Waals surface area contributed by atoms with Crippen LogP contribution in [0.3, 0.4) is 0 Å². The molecule has 1 aliphatic rings. The summed E-state index contributed by atoms with van der Waals surface area (Å²) in [5, 5.41) is 3.87. The highest BCUT2D eigenvalue weighted by Gasteiger charge is 2.36. The number of carbonyl (C=O) groups excluding carboxylic acids is 1. The Kier molecular flexibility index (Phi) is 3.50. The topological polar surface area (TPSA) is 58.4 Å². The van der Waals surface area contributed by atoms with E-state index in [1.165, 1.54) is 6.20 Å². The lowest BCUT2D eigenvalue weighted by Crippen LogP contribution is -2.43. The molecule has 5 nitrogen and oxygen atoms in total. The van der Waals surface area contributed by atoms with E-state index in [1.54, 1.807) is 23.1 Å². The molecule has 2 aromatic heterocycles. The van der Waals surface area contributed by atoms with E-state index in [2.05, 4.69) is 10.3 Å². The number of amides is 1. The van der Waals surface area contributed by atoms with E-state index in [9.17, 15) is 4.79 Å². The number of aryl methyl sites for hydroxylation is 1. The lowest BCUT2D eigenvalue weighted by atomic mass is 10.1. The van der Waals surface area contributed by atoms with E-state index >= 15 is 0 Å². The fraction of sp³-hybridized carbons (Fsp3) is 0.111. The summed E-state index contributed by atoms with van der Waals surface area (Å²) >= 11 is 5.92. The predicted octanol–water partition coefficient (Wildman–Crippen LogP) is 4.41. The van der Waals surface area contributed by atoms with Crippen LogP contribution in [-0.4, -0.2) is 10.9 Å². The van der Waals surface area contributed by atoms with Crippen LogP contribution in [-0.2, 0) is 0 Å². The van der Waals surface area contributed by atoms with Crippen LogP contribution < -0.4 is 10.2 Å². The molecule has 1 amide bonds. The van der Waals surface area contributed by atoms with Gasteiger partial charge in [-0.05, 0) is 43.3 Å². The van der Waals surface area contributed by atoms with Gasteiger partial charge >= 0.3 is 0 Å². The zero-order valence-electron chi connectivity index (χ0n) is 12.9. The van der Waals surface area contributed by atoms with Crippen LogP contribution in [0, 0.1) is 6.92 Å². The first kappa shape index (κ1) is 14.8. The molecule has 0 saturated carbocycles. The quantitative estimate of drug-likeness (QED) is 0.751. The molecule has 1 N–H and O–H groups in total. The standard InChI is InChI=1S/C18H14ClN3O2/c1-11-6-8-15(24-11)17-21-14-5-3-2-4-13(14)18(23)22(17)16-9-7-12(19)10-20-16/h2-10,17,21H,1H3. The molecule has 0 bridgehead atoms. The predicted molar refractivity (Wildman–Crippen MR) is 92.3 cm³/mol. The average molecular weight is 340 g/mol. The van der Waals surface area contributed by atoms with Crippen molar-refractivity contribution in [1.82, 2.24) is 4.98 Å². The number of hydrogen-bond donors (Lipinski definition) is 1. The molecule has 6 heteroatoms. The third kappa shape index (κ3) is 2.43. The van der Waals surface area contributed by atoms with Gasteiger partial charge in [-0.3, -0.25) is 9.69 Å². The van der Waals surface area contributed by atoms with E-state index in [4.69, 9.17) is 16.0 Å². The molecule has 0 spiro atoms. The molecular formula is C18H14ClN3O2. The van der Waals surface area contributed by atoms with Crippen molar-refractivity contribution in [2.75, 3.05) is 10.2 Å². The van der Waals surface area contributed by atoms with E-state index in [-0.39, 0.29) is 5.91 Å². The van der Waals surface area contributed by atoms with Crippen LogP contribution in [0.5, 0.6) is 0 Å². The number of furan rings is 1. The highest BCUT2D eigenvalue weighted by atomic mass is 35.5. The minimum atomic E-state index is -0.477. The molecular weight excluding hydrogens is 326 g/mol. The summed E-state index contributed by atoms with van der Waals surface area (Å²) in [6.45, 7) is 1.87. The Bertz CT molecular complexity index is 905. The number of hydrogen-bond acceptors (Lipinski definition) is 4. The van der Waals surface area contributed by atoms with Gasteiger partial charge < -0.3 is 9.73 Å². The SMILES string of the molecule is Cc1ccc(C2Nc3ccccc3C(=O)N2c2ccc(Cl)cn2)o1. The molecule has 3 aromatic rings. The summed E-state index contributed by atoms with van der Waals surface area (Å²) in [5.74, 6) is 1.79. The van der Waals surface area contributed by atoms with E-state index < -0.39 is 6.17 Å². The van der Waals surface area contributed by atoms with E-state index in [1.807, 2.05) is 37.3 Å². The van der Waals surface area contributed by atoms with E-state index in [0.29, 0.717) is 22.2 Å². The van der Waals surface area contributed by atoms with Gasteiger partial charge in [0, 0.05) is 11.9 Å². The van der Waals surface area contributed by atoms with Gasteiger partial charge in [-0.25, -0.2) is 4.98 Å². The van der Waals surface area contributed by atoms with Crippen molar-refractivity contribution in [2.24, 2.45) is 0 Å². The fourth-order valence-corrected chi connectivity index (χ4v) is 2.91. The average Bonchev–Trinajstić information content (AvgIpc) is 3.02. The largest absolute Gasteiger partial charge is 0.462 e. The van der Waals surface area contributed by atoms with Gasteiger partial charge in [-0.2, -0.15) is 0 Å². The minimum absolute atomic E-state index is 0.141. The Morgan fingerprint density at radius 3 is 2.71 bits per heavy atom. The Labute approximate surface area is 143 Å².